The van der Waals surface area contributed by atoms with Gasteiger partial charge in [-0.25, -0.2) is 4.79 Å². The smallest absolute Gasteiger partial charge is 0.319 e. The first-order valence-corrected chi connectivity index (χ1v) is 7.00. The van der Waals surface area contributed by atoms with E-state index in [1.807, 2.05) is 13.8 Å². The summed E-state index contributed by atoms with van der Waals surface area (Å²) in [5.41, 5.74) is 3.08. The van der Waals surface area contributed by atoms with Crippen LogP contribution in [-0.4, -0.2) is 16.3 Å². The summed E-state index contributed by atoms with van der Waals surface area (Å²) in [4.78, 5) is 12.0. The molecule has 2 rings (SSSR count). The van der Waals surface area contributed by atoms with E-state index in [1.54, 1.807) is 13.8 Å². The molecule has 0 aliphatic carbocycles. The molecule has 7 nitrogen and oxygen atoms in total. The van der Waals surface area contributed by atoms with E-state index in [0.29, 0.717) is 23.7 Å². The van der Waals surface area contributed by atoms with Gasteiger partial charge in [-0.3, -0.25) is 0 Å². The van der Waals surface area contributed by atoms with Crippen LogP contribution in [0.25, 0.3) is 0 Å². The van der Waals surface area contributed by atoms with Crippen LogP contribution < -0.4 is 10.6 Å². The van der Waals surface area contributed by atoms with Crippen molar-refractivity contribution >= 4 is 11.7 Å². The van der Waals surface area contributed by atoms with Crippen LogP contribution in [0.5, 0.6) is 0 Å². The highest BCUT2D eigenvalue weighted by atomic mass is 16.5. The average Bonchev–Trinajstić information content (AvgIpc) is 3.02. The number of urea groups is 1. The maximum atomic E-state index is 12.0. The third kappa shape index (κ3) is 3.24. The zero-order valence-corrected chi connectivity index (χ0v) is 12.7. The molecule has 0 radical (unpaired) electrons. The summed E-state index contributed by atoms with van der Waals surface area (Å²) in [5, 5.41) is 13.4. The lowest BCUT2D eigenvalue weighted by Crippen LogP contribution is -2.29. The molecular formula is C14H20N4O3. The van der Waals surface area contributed by atoms with Gasteiger partial charge in [0.05, 0.1) is 5.69 Å². The van der Waals surface area contributed by atoms with Gasteiger partial charge < -0.3 is 19.7 Å². The van der Waals surface area contributed by atoms with Gasteiger partial charge in [-0.1, -0.05) is 24.2 Å². The Bertz CT molecular complexity index is 589. The lowest BCUT2D eigenvalue weighted by molar-refractivity contribution is 0.251. The molecule has 0 bridgehead atoms. The fourth-order valence-electron chi connectivity index (χ4n) is 2.13. The molecule has 0 aliphatic rings. The summed E-state index contributed by atoms with van der Waals surface area (Å²) >= 11 is 0. The summed E-state index contributed by atoms with van der Waals surface area (Å²) in [5.74, 6) is 1.39. The third-order valence-corrected chi connectivity index (χ3v) is 3.30. The van der Waals surface area contributed by atoms with E-state index >= 15 is 0 Å². The van der Waals surface area contributed by atoms with Crippen LogP contribution in [-0.2, 0) is 19.4 Å². The first-order chi connectivity index (χ1) is 10.1. The Morgan fingerprint density at radius 1 is 1.14 bits per heavy atom. The van der Waals surface area contributed by atoms with Crippen molar-refractivity contribution in [1.29, 1.82) is 0 Å². The molecule has 2 heterocycles. The van der Waals surface area contributed by atoms with Gasteiger partial charge in [-0.15, -0.1) is 0 Å². The number of amides is 2. The van der Waals surface area contributed by atoms with Crippen LogP contribution in [0.3, 0.4) is 0 Å². The van der Waals surface area contributed by atoms with E-state index in [-0.39, 0.29) is 6.03 Å². The maximum absolute atomic E-state index is 12.0. The standard InChI is InChI=1S/C14H20N4O3/c1-5-11-10(12(6-2)21-18-11)7-15-14(19)16-13-8(3)17-20-9(13)4/h5-7H2,1-4H3,(H2,15,16,19). The normalized spacial score (nSPS) is 10.7. The topological polar surface area (TPSA) is 93.2 Å². The van der Waals surface area contributed by atoms with E-state index in [0.717, 1.165) is 29.9 Å². The first kappa shape index (κ1) is 15.1. The average molecular weight is 292 g/mol. The molecule has 0 atom stereocenters. The number of anilines is 1. The second kappa shape index (κ2) is 6.43. The fraction of sp³-hybridized carbons (Fsp3) is 0.500. The van der Waals surface area contributed by atoms with Crippen molar-refractivity contribution in [3.05, 3.63) is 28.5 Å². The summed E-state index contributed by atoms with van der Waals surface area (Å²) in [6, 6.07) is -0.310. The van der Waals surface area contributed by atoms with E-state index in [9.17, 15) is 4.79 Å². The molecule has 7 heteroatoms. The van der Waals surface area contributed by atoms with Gasteiger partial charge in [-0.2, -0.15) is 0 Å². The van der Waals surface area contributed by atoms with Crippen molar-refractivity contribution in [2.24, 2.45) is 0 Å². The number of aromatic nitrogens is 2. The van der Waals surface area contributed by atoms with Crippen LogP contribution in [0.1, 0.15) is 42.3 Å². The molecule has 21 heavy (non-hydrogen) atoms. The van der Waals surface area contributed by atoms with Gasteiger partial charge in [0.2, 0.25) is 0 Å². The quantitative estimate of drug-likeness (QED) is 0.883. The first-order valence-electron chi connectivity index (χ1n) is 7.00. The van der Waals surface area contributed by atoms with Gasteiger partial charge in [0.1, 0.15) is 17.1 Å². The Balaban J connectivity index is 2.00. The molecule has 2 amide bonds. The molecule has 2 aromatic heterocycles. The SMILES string of the molecule is CCc1noc(CC)c1CNC(=O)Nc1c(C)noc1C. The zero-order valence-electron chi connectivity index (χ0n) is 12.7. The highest BCUT2D eigenvalue weighted by Crippen LogP contribution is 2.19. The van der Waals surface area contributed by atoms with Gasteiger partial charge in [-0.05, 0) is 20.3 Å². The Labute approximate surface area is 123 Å². The minimum atomic E-state index is -0.310. The summed E-state index contributed by atoms with van der Waals surface area (Å²) in [6.45, 7) is 7.90. The molecule has 0 aromatic carbocycles. The van der Waals surface area contributed by atoms with E-state index in [4.69, 9.17) is 9.05 Å². The van der Waals surface area contributed by atoms with Crippen molar-refractivity contribution in [2.45, 2.75) is 47.1 Å². The fourth-order valence-corrected chi connectivity index (χ4v) is 2.13. The van der Waals surface area contributed by atoms with Crippen LogP contribution >= 0.6 is 0 Å². The highest BCUT2D eigenvalue weighted by Gasteiger charge is 2.16. The van der Waals surface area contributed by atoms with E-state index < -0.39 is 0 Å². The number of hydrogen-bond acceptors (Lipinski definition) is 5. The van der Waals surface area contributed by atoms with Gasteiger partial charge >= 0.3 is 6.03 Å². The predicted octanol–water partition coefficient (Wildman–Crippen LogP) is 2.73. The molecule has 0 fully saturated rings. The number of carbonyl (C=O) groups is 1. The number of rotatable bonds is 5. The molecule has 0 aliphatic heterocycles. The number of nitrogens with zero attached hydrogens (tertiary/aromatic N) is 2. The maximum Gasteiger partial charge on any atom is 0.319 e. The number of nitrogens with one attached hydrogen (secondary N) is 2. The number of aryl methyl sites for hydroxylation is 4. The second-order valence-corrected chi connectivity index (χ2v) is 4.74. The van der Waals surface area contributed by atoms with Gasteiger partial charge in [0.15, 0.2) is 5.76 Å². The Morgan fingerprint density at radius 2 is 1.90 bits per heavy atom. The van der Waals surface area contributed by atoms with Crippen molar-refractivity contribution in [1.82, 2.24) is 15.6 Å². The molecule has 2 N–H and O–H groups in total. The number of hydrogen-bond donors (Lipinski definition) is 2. The van der Waals surface area contributed by atoms with Crippen LogP contribution in [0.15, 0.2) is 9.05 Å². The minimum absolute atomic E-state index is 0.310. The van der Waals surface area contributed by atoms with Crippen molar-refractivity contribution in [2.75, 3.05) is 5.32 Å². The van der Waals surface area contributed by atoms with Crippen molar-refractivity contribution in [3.63, 3.8) is 0 Å². The molecular weight excluding hydrogens is 272 g/mol. The van der Waals surface area contributed by atoms with Crippen LogP contribution in [0.4, 0.5) is 10.5 Å². The Hall–Kier alpha value is -2.31. The minimum Gasteiger partial charge on any atom is -0.361 e. The van der Waals surface area contributed by atoms with Crippen LogP contribution in [0, 0.1) is 13.8 Å². The molecule has 0 unspecified atom stereocenters. The monoisotopic (exact) mass is 292 g/mol. The Kier molecular flexibility index (Phi) is 4.62. The van der Waals surface area contributed by atoms with Crippen LogP contribution in [0.2, 0.25) is 0 Å². The Morgan fingerprint density at radius 3 is 2.48 bits per heavy atom. The molecule has 0 saturated heterocycles. The van der Waals surface area contributed by atoms with Crippen molar-refractivity contribution in [3.8, 4) is 0 Å². The lowest BCUT2D eigenvalue weighted by atomic mass is 10.1. The van der Waals surface area contributed by atoms with Gasteiger partial charge in [0.25, 0.3) is 0 Å². The summed E-state index contributed by atoms with van der Waals surface area (Å²) < 4.78 is 10.3. The van der Waals surface area contributed by atoms with Gasteiger partial charge in [0, 0.05) is 18.5 Å². The lowest BCUT2D eigenvalue weighted by Gasteiger charge is -2.07. The predicted molar refractivity (Wildman–Crippen MR) is 77.1 cm³/mol. The molecule has 0 spiro atoms. The largest absolute Gasteiger partial charge is 0.361 e. The van der Waals surface area contributed by atoms with E-state index in [2.05, 4.69) is 20.9 Å². The highest BCUT2D eigenvalue weighted by molar-refractivity contribution is 5.90. The van der Waals surface area contributed by atoms with E-state index in [1.165, 1.54) is 0 Å². The molecule has 114 valence electrons. The zero-order chi connectivity index (χ0) is 15.4. The molecule has 2 aromatic rings. The molecule has 0 saturated carbocycles. The summed E-state index contributed by atoms with van der Waals surface area (Å²) in [6.07, 6.45) is 1.52. The third-order valence-electron chi connectivity index (χ3n) is 3.30. The number of carbonyl (C=O) groups excluding carboxylic acids is 1. The summed E-state index contributed by atoms with van der Waals surface area (Å²) in [7, 11) is 0. The van der Waals surface area contributed by atoms with Crippen molar-refractivity contribution < 1.29 is 13.8 Å². The second-order valence-electron chi connectivity index (χ2n) is 4.74.